The second-order valence-electron chi connectivity index (χ2n) is 6.81. The molecule has 108 valence electrons. The minimum atomic E-state index is 0.155. The molecule has 1 amide bonds. The molecule has 0 spiro atoms. The van der Waals surface area contributed by atoms with Crippen LogP contribution in [0.2, 0.25) is 0 Å². The van der Waals surface area contributed by atoms with Gasteiger partial charge in [0.1, 0.15) is 0 Å². The summed E-state index contributed by atoms with van der Waals surface area (Å²) in [6.07, 6.45) is 8.03. The van der Waals surface area contributed by atoms with Crippen molar-refractivity contribution in [2.75, 3.05) is 26.2 Å². The van der Waals surface area contributed by atoms with Gasteiger partial charge < -0.3 is 10.6 Å². The number of piperazine rings is 1. The molecule has 0 aromatic carbocycles. The van der Waals surface area contributed by atoms with Crippen LogP contribution in [0.25, 0.3) is 0 Å². The molecule has 3 saturated carbocycles. The highest BCUT2D eigenvalue weighted by Crippen LogP contribution is 2.48. The van der Waals surface area contributed by atoms with E-state index in [0.717, 1.165) is 26.2 Å². The van der Waals surface area contributed by atoms with Crippen LogP contribution >= 0.6 is 0 Å². The summed E-state index contributed by atoms with van der Waals surface area (Å²) in [5, 5.41) is 0. The smallest absolute Gasteiger partial charge is 0.222 e. The van der Waals surface area contributed by atoms with Gasteiger partial charge in [0.15, 0.2) is 0 Å². The van der Waals surface area contributed by atoms with Crippen LogP contribution in [0.15, 0.2) is 0 Å². The predicted molar refractivity (Wildman–Crippen MR) is 75.8 cm³/mol. The maximum atomic E-state index is 11.7. The lowest BCUT2D eigenvalue weighted by Gasteiger charge is -2.58. The number of hydrogen-bond acceptors (Lipinski definition) is 3. The van der Waals surface area contributed by atoms with E-state index in [1.165, 1.54) is 38.5 Å². The van der Waals surface area contributed by atoms with Gasteiger partial charge in [-0.05, 0) is 38.5 Å². The quantitative estimate of drug-likeness (QED) is 0.820. The number of carbonyl (C=O) groups excluding carboxylic acids is 1. The van der Waals surface area contributed by atoms with Gasteiger partial charge in [-0.25, -0.2) is 0 Å². The second-order valence-corrected chi connectivity index (χ2v) is 6.81. The van der Waals surface area contributed by atoms with Crippen molar-refractivity contribution in [1.29, 1.82) is 0 Å². The van der Waals surface area contributed by atoms with E-state index in [-0.39, 0.29) is 5.54 Å². The van der Waals surface area contributed by atoms with Gasteiger partial charge in [-0.2, -0.15) is 0 Å². The Bertz CT molecular complexity index is 336. The van der Waals surface area contributed by atoms with E-state index in [0.29, 0.717) is 17.9 Å². The van der Waals surface area contributed by atoms with Gasteiger partial charge in [0, 0.05) is 43.7 Å². The summed E-state index contributed by atoms with van der Waals surface area (Å²) in [5.41, 5.74) is 6.97. The molecule has 4 rings (SSSR count). The third kappa shape index (κ3) is 2.29. The van der Waals surface area contributed by atoms with Crippen molar-refractivity contribution in [3.63, 3.8) is 0 Å². The van der Waals surface area contributed by atoms with E-state index < -0.39 is 0 Å². The van der Waals surface area contributed by atoms with Crippen molar-refractivity contribution in [1.82, 2.24) is 9.80 Å². The summed E-state index contributed by atoms with van der Waals surface area (Å²) in [6, 6.07) is 0. The first kappa shape index (κ1) is 13.4. The normalized spacial score (nSPS) is 39.6. The summed E-state index contributed by atoms with van der Waals surface area (Å²) < 4.78 is 0. The van der Waals surface area contributed by atoms with Crippen LogP contribution in [0.4, 0.5) is 0 Å². The van der Waals surface area contributed by atoms with Gasteiger partial charge in [-0.1, -0.05) is 6.92 Å². The minimum Gasteiger partial charge on any atom is -0.340 e. The highest BCUT2D eigenvalue weighted by Gasteiger charge is 2.49. The minimum absolute atomic E-state index is 0.155. The van der Waals surface area contributed by atoms with Crippen molar-refractivity contribution < 1.29 is 4.79 Å². The van der Waals surface area contributed by atoms with Crippen molar-refractivity contribution >= 4 is 5.91 Å². The van der Waals surface area contributed by atoms with E-state index in [9.17, 15) is 4.79 Å². The van der Waals surface area contributed by atoms with E-state index in [1.807, 2.05) is 11.8 Å². The molecule has 4 heteroatoms. The standard InChI is InChI=1S/C15H27N3O/c1-2-13(19)17-9-11-18(12-10-17)15-6-3-14(16,4-7-15)5-8-15/h2-12,16H2,1H3. The maximum absolute atomic E-state index is 11.7. The van der Waals surface area contributed by atoms with E-state index in [2.05, 4.69) is 4.90 Å². The average Bonchev–Trinajstić information content (AvgIpc) is 2.48. The molecule has 2 bridgehead atoms. The number of rotatable bonds is 2. The third-order valence-corrected chi connectivity index (χ3v) is 5.87. The molecule has 2 N–H and O–H groups in total. The average molecular weight is 265 g/mol. The number of hydrogen-bond donors (Lipinski definition) is 1. The van der Waals surface area contributed by atoms with Crippen molar-refractivity contribution in [3.8, 4) is 0 Å². The summed E-state index contributed by atoms with van der Waals surface area (Å²) in [6.45, 7) is 5.91. The molecule has 1 heterocycles. The SMILES string of the molecule is CCC(=O)N1CCN(C23CCC(N)(CC2)CC3)CC1. The molecule has 0 unspecified atom stereocenters. The zero-order valence-corrected chi connectivity index (χ0v) is 12.2. The van der Waals surface area contributed by atoms with Gasteiger partial charge in [-0.3, -0.25) is 9.69 Å². The highest BCUT2D eigenvalue weighted by atomic mass is 16.2. The molecule has 0 radical (unpaired) electrons. The van der Waals surface area contributed by atoms with Crippen molar-refractivity contribution in [3.05, 3.63) is 0 Å². The van der Waals surface area contributed by atoms with Crippen LogP contribution < -0.4 is 5.73 Å². The molecule has 0 aromatic rings. The first-order valence-electron chi connectivity index (χ1n) is 7.89. The summed E-state index contributed by atoms with van der Waals surface area (Å²) >= 11 is 0. The number of amides is 1. The Kier molecular flexibility index (Phi) is 3.34. The molecule has 4 aliphatic rings. The number of nitrogens with zero attached hydrogens (tertiary/aromatic N) is 2. The van der Waals surface area contributed by atoms with Gasteiger partial charge in [0.2, 0.25) is 5.91 Å². The summed E-state index contributed by atoms with van der Waals surface area (Å²) in [4.78, 5) is 16.4. The van der Waals surface area contributed by atoms with Crippen molar-refractivity contribution in [2.24, 2.45) is 5.73 Å². The monoisotopic (exact) mass is 265 g/mol. The number of carbonyl (C=O) groups is 1. The van der Waals surface area contributed by atoms with Crippen LogP contribution in [-0.4, -0.2) is 53.0 Å². The van der Waals surface area contributed by atoms with Crippen LogP contribution in [0.5, 0.6) is 0 Å². The fourth-order valence-corrected chi connectivity index (χ4v) is 4.32. The Balaban J connectivity index is 1.61. The van der Waals surface area contributed by atoms with Crippen LogP contribution in [0, 0.1) is 0 Å². The maximum Gasteiger partial charge on any atom is 0.222 e. The van der Waals surface area contributed by atoms with Gasteiger partial charge in [0.05, 0.1) is 0 Å². The number of nitrogens with two attached hydrogens (primary N) is 1. The Morgan fingerprint density at radius 1 is 1.00 bits per heavy atom. The van der Waals surface area contributed by atoms with Gasteiger partial charge in [0.25, 0.3) is 0 Å². The zero-order chi connectivity index (χ0) is 13.5. The highest BCUT2D eigenvalue weighted by molar-refractivity contribution is 5.75. The summed E-state index contributed by atoms with van der Waals surface area (Å²) in [7, 11) is 0. The lowest BCUT2D eigenvalue weighted by atomic mass is 9.61. The Hall–Kier alpha value is -0.610. The third-order valence-electron chi connectivity index (χ3n) is 5.87. The molecular formula is C15H27N3O. The molecule has 19 heavy (non-hydrogen) atoms. The first-order chi connectivity index (χ1) is 9.07. The zero-order valence-electron chi connectivity index (χ0n) is 12.2. The van der Waals surface area contributed by atoms with E-state index in [4.69, 9.17) is 5.73 Å². The largest absolute Gasteiger partial charge is 0.340 e. The van der Waals surface area contributed by atoms with E-state index in [1.54, 1.807) is 0 Å². The lowest BCUT2D eigenvalue weighted by Crippen LogP contribution is -2.65. The topological polar surface area (TPSA) is 49.6 Å². The molecule has 4 fully saturated rings. The van der Waals surface area contributed by atoms with Crippen molar-refractivity contribution in [2.45, 2.75) is 62.9 Å². The van der Waals surface area contributed by atoms with Gasteiger partial charge >= 0.3 is 0 Å². The second kappa shape index (κ2) is 4.74. The molecule has 0 atom stereocenters. The fraction of sp³-hybridized carbons (Fsp3) is 0.933. The molecule has 1 saturated heterocycles. The van der Waals surface area contributed by atoms with Crippen LogP contribution in [0.3, 0.4) is 0 Å². The molecular weight excluding hydrogens is 238 g/mol. The molecule has 4 nitrogen and oxygen atoms in total. The lowest BCUT2D eigenvalue weighted by molar-refractivity contribution is -0.134. The van der Waals surface area contributed by atoms with Gasteiger partial charge in [-0.15, -0.1) is 0 Å². The molecule has 0 aromatic heterocycles. The molecule has 3 aliphatic carbocycles. The molecule has 1 aliphatic heterocycles. The van der Waals surface area contributed by atoms with Crippen LogP contribution in [0.1, 0.15) is 51.9 Å². The predicted octanol–water partition coefficient (Wildman–Crippen LogP) is 1.34. The van der Waals surface area contributed by atoms with E-state index >= 15 is 0 Å². The summed E-state index contributed by atoms with van der Waals surface area (Å²) in [5.74, 6) is 0.311. The fourth-order valence-electron chi connectivity index (χ4n) is 4.32. The van der Waals surface area contributed by atoms with Crippen LogP contribution in [-0.2, 0) is 4.79 Å². The first-order valence-corrected chi connectivity index (χ1v) is 7.89. The Labute approximate surface area is 116 Å². The Morgan fingerprint density at radius 3 is 2.00 bits per heavy atom. The number of fused-ring (bicyclic) bond motifs is 3. The Morgan fingerprint density at radius 2 is 1.53 bits per heavy atom.